The third-order valence-electron chi connectivity index (χ3n) is 3.62. The van der Waals surface area contributed by atoms with Crippen molar-refractivity contribution < 1.29 is 4.79 Å². The Labute approximate surface area is 93.3 Å². The van der Waals surface area contributed by atoms with Gasteiger partial charge in [-0.15, -0.1) is 0 Å². The van der Waals surface area contributed by atoms with E-state index < -0.39 is 0 Å². The first kappa shape index (κ1) is 12.3. The lowest BCUT2D eigenvalue weighted by Gasteiger charge is -2.35. The second-order valence-corrected chi connectivity index (χ2v) is 5.12. The fourth-order valence-corrected chi connectivity index (χ4v) is 2.61. The van der Waals surface area contributed by atoms with Gasteiger partial charge in [-0.3, -0.25) is 4.79 Å². The Morgan fingerprint density at radius 1 is 1.53 bits per heavy atom. The number of carbonyl (C=O) groups excluding carboxylic acids is 1. The summed E-state index contributed by atoms with van der Waals surface area (Å²) in [6.07, 6.45) is 3.54. The van der Waals surface area contributed by atoms with Gasteiger partial charge in [-0.2, -0.15) is 0 Å². The molecule has 0 spiro atoms. The number of hydrogen-bond donors (Lipinski definition) is 0. The summed E-state index contributed by atoms with van der Waals surface area (Å²) >= 11 is 0. The van der Waals surface area contributed by atoms with Crippen LogP contribution < -0.4 is 0 Å². The minimum atomic E-state index is 0.167. The molecule has 0 aromatic carbocycles. The molecule has 0 N–H and O–H groups in total. The highest BCUT2D eigenvalue weighted by Crippen LogP contribution is 2.33. The van der Waals surface area contributed by atoms with Crippen LogP contribution in [0.1, 0.15) is 34.1 Å². The van der Waals surface area contributed by atoms with Crippen molar-refractivity contribution in [1.82, 2.24) is 4.90 Å². The molecule has 1 rings (SSSR count). The monoisotopic (exact) mass is 209 g/mol. The van der Waals surface area contributed by atoms with Gasteiger partial charge in [0.1, 0.15) is 0 Å². The smallest absolute Gasteiger partial charge is 0.219 e. The lowest BCUT2D eigenvalue weighted by Crippen LogP contribution is -2.36. The van der Waals surface area contributed by atoms with Crippen molar-refractivity contribution >= 4 is 5.91 Å². The molecular weight excluding hydrogens is 186 g/mol. The maximum absolute atomic E-state index is 11.2. The second-order valence-electron chi connectivity index (χ2n) is 5.12. The summed E-state index contributed by atoms with van der Waals surface area (Å²) in [7, 11) is 1.90. The van der Waals surface area contributed by atoms with Gasteiger partial charge in [0.05, 0.1) is 0 Å². The zero-order valence-electron chi connectivity index (χ0n) is 10.6. The van der Waals surface area contributed by atoms with E-state index in [1.807, 2.05) is 11.9 Å². The standard InChI is InChI=1S/C13H23NO/c1-9-6-10(2)13(11(3)7-9)8-14(5)12(4)15/h6,10-11,13H,7-8H2,1-5H3/t10-,11-,13+/m0/s1. The molecule has 0 aromatic heterocycles. The topological polar surface area (TPSA) is 20.3 Å². The fourth-order valence-electron chi connectivity index (χ4n) is 2.61. The molecule has 1 aliphatic carbocycles. The van der Waals surface area contributed by atoms with E-state index in [9.17, 15) is 4.79 Å². The Kier molecular flexibility index (Phi) is 3.95. The van der Waals surface area contributed by atoms with Crippen molar-refractivity contribution in [3.63, 3.8) is 0 Å². The SMILES string of the molecule is CC(=O)N(C)C[C@@H]1[C@@H](C)C=C(C)C[C@@H]1C. The van der Waals surface area contributed by atoms with Crippen molar-refractivity contribution in [2.24, 2.45) is 17.8 Å². The van der Waals surface area contributed by atoms with E-state index in [0.717, 1.165) is 6.54 Å². The molecule has 86 valence electrons. The lowest BCUT2D eigenvalue weighted by atomic mass is 9.75. The molecule has 0 heterocycles. The molecule has 1 amide bonds. The van der Waals surface area contributed by atoms with Crippen LogP contribution in [0.4, 0.5) is 0 Å². The summed E-state index contributed by atoms with van der Waals surface area (Å²) in [4.78, 5) is 13.0. The lowest BCUT2D eigenvalue weighted by molar-refractivity contribution is -0.128. The quantitative estimate of drug-likeness (QED) is 0.640. The van der Waals surface area contributed by atoms with E-state index in [0.29, 0.717) is 17.8 Å². The van der Waals surface area contributed by atoms with Gasteiger partial charge >= 0.3 is 0 Å². The van der Waals surface area contributed by atoms with Crippen LogP contribution in [-0.2, 0) is 4.79 Å². The molecule has 2 heteroatoms. The highest BCUT2D eigenvalue weighted by Gasteiger charge is 2.28. The van der Waals surface area contributed by atoms with Crippen LogP contribution >= 0.6 is 0 Å². The summed E-state index contributed by atoms with van der Waals surface area (Å²) in [6.45, 7) is 9.29. The zero-order chi connectivity index (χ0) is 11.6. The molecule has 0 aromatic rings. The number of carbonyl (C=O) groups is 1. The van der Waals surface area contributed by atoms with Gasteiger partial charge in [0.25, 0.3) is 0 Å². The number of nitrogens with zero attached hydrogens (tertiary/aromatic N) is 1. The van der Waals surface area contributed by atoms with E-state index in [2.05, 4.69) is 26.8 Å². The van der Waals surface area contributed by atoms with Crippen molar-refractivity contribution in [3.8, 4) is 0 Å². The first-order valence-corrected chi connectivity index (χ1v) is 5.80. The average Bonchev–Trinajstić information content (AvgIpc) is 2.10. The molecule has 3 atom stereocenters. The minimum absolute atomic E-state index is 0.167. The normalized spacial score (nSPS) is 31.0. The third-order valence-corrected chi connectivity index (χ3v) is 3.62. The van der Waals surface area contributed by atoms with Crippen LogP contribution in [0.3, 0.4) is 0 Å². The summed E-state index contributed by atoms with van der Waals surface area (Å²) in [5.41, 5.74) is 1.50. The summed E-state index contributed by atoms with van der Waals surface area (Å²) in [6, 6.07) is 0. The van der Waals surface area contributed by atoms with E-state index in [1.165, 1.54) is 12.0 Å². The molecule has 0 saturated heterocycles. The maximum Gasteiger partial charge on any atom is 0.219 e. The molecule has 0 unspecified atom stereocenters. The first-order chi connectivity index (χ1) is 6.91. The summed E-state index contributed by atoms with van der Waals surface area (Å²) in [5.74, 6) is 2.06. The molecular formula is C13H23NO. The molecule has 2 nitrogen and oxygen atoms in total. The Morgan fingerprint density at radius 3 is 2.60 bits per heavy atom. The van der Waals surface area contributed by atoms with Gasteiger partial charge in [-0.25, -0.2) is 0 Å². The van der Waals surface area contributed by atoms with Crippen LogP contribution in [-0.4, -0.2) is 24.4 Å². The second kappa shape index (κ2) is 4.82. The van der Waals surface area contributed by atoms with E-state index >= 15 is 0 Å². The average molecular weight is 209 g/mol. The first-order valence-electron chi connectivity index (χ1n) is 5.80. The van der Waals surface area contributed by atoms with Crippen molar-refractivity contribution in [1.29, 1.82) is 0 Å². The predicted molar refractivity (Wildman–Crippen MR) is 63.5 cm³/mol. The van der Waals surface area contributed by atoms with Crippen LogP contribution in [0.15, 0.2) is 11.6 Å². The van der Waals surface area contributed by atoms with Gasteiger partial charge in [-0.1, -0.05) is 25.5 Å². The molecule has 1 aliphatic rings. The van der Waals surface area contributed by atoms with Crippen LogP contribution in [0.25, 0.3) is 0 Å². The summed E-state index contributed by atoms with van der Waals surface area (Å²) in [5, 5.41) is 0. The fraction of sp³-hybridized carbons (Fsp3) is 0.769. The van der Waals surface area contributed by atoms with Crippen LogP contribution in [0.5, 0.6) is 0 Å². The van der Waals surface area contributed by atoms with Gasteiger partial charge in [-0.05, 0) is 31.1 Å². The Hall–Kier alpha value is -0.790. The molecule has 0 fully saturated rings. The van der Waals surface area contributed by atoms with Gasteiger partial charge < -0.3 is 4.90 Å². The molecule has 0 aliphatic heterocycles. The molecule has 15 heavy (non-hydrogen) atoms. The van der Waals surface area contributed by atoms with Crippen LogP contribution in [0.2, 0.25) is 0 Å². The van der Waals surface area contributed by atoms with E-state index in [-0.39, 0.29) is 5.91 Å². The number of rotatable bonds is 2. The number of hydrogen-bond acceptors (Lipinski definition) is 1. The Morgan fingerprint density at radius 2 is 2.13 bits per heavy atom. The molecule has 0 bridgehead atoms. The third kappa shape index (κ3) is 3.08. The van der Waals surface area contributed by atoms with Gasteiger partial charge in [0.2, 0.25) is 5.91 Å². The number of amides is 1. The van der Waals surface area contributed by atoms with E-state index in [1.54, 1.807) is 6.92 Å². The van der Waals surface area contributed by atoms with Crippen molar-refractivity contribution in [3.05, 3.63) is 11.6 Å². The highest BCUT2D eigenvalue weighted by atomic mass is 16.2. The highest BCUT2D eigenvalue weighted by molar-refractivity contribution is 5.72. The Balaban J connectivity index is 2.65. The largest absolute Gasteiger partial charge is 0.346 e. The summed E-state index contributed by atoms with van der Waals surface area (Å²) < 4.78 is 0. The maximum atomic E-state index is 11.2. The van der Waals surface area contributed by atoms with Crippen molar-refractivity contribution in [2.75, 3.05) is 13.6 Å². The van der Waals surface area contributed by atoms with Crippen LogP contribution in [0, 0.1) is 17.8 Å². The Bertz CT molecular complexity index is 270. The van der Waals surface area contributed by atoms with E-state index in [4.69, 9.17) is 0 Å². The predicted octanol–water partition coefficient (Wildman–Crippen LogP) is 2.70. The minimum Gasteiger partial charge on any atom is -0.346 e. The van der Waals surface area contributed by atoms with Gasteiger partial charge in [0, 0.05) is 20.5 Å². The van der Waals surface area contributed by atoms with Crippen molar-refractivity contribution in [2.45, 2.75) is 34.1 Å². The molecule has 0 radical (unpaired) electrons. The number of allylic oxidation sites excluding steroid dienone is 2. The van der Waals surface area contributed by atoms with Gasteiger partial charge in [0.15, 0.2) is 0 Å². The zero-order valence-corrected chi connectivity index (χ0v) is 10.6. The molecule has 0 saturated carbocycles.